The van der Waals surface area contributed by atoms with Crippen molar-refractivity contribution in [3.05, 3.63) is 48.0 Å². The van der Waals surface area contributed by atoms with Crippen molar-refractivity contribution in [2.45, 2.75) is 6.42 Å². The van der Waals surface area contributed by atoms with Gasteiger partial charge in [0.05, 0.1) is 27.4 Å². The van der Waals surface area contributed by atoms with Gasteiger partial charge in [-0.1, -0.05) is 0 Å². The predicted molar refractivity (Wildman–Crippen MR) is 94.0 cm³/mol. The van der Waals surface area contributed by atoms with Crippen LogP contribution in [0.15, 0.2) is 42.5 Å². The zero-order valence-electron chi connectivity index (χ0n) is 14.4. The molecule has 1 amide bonds. The molecule has 0 saturated carbocycles. The fraction of sp³-hybridized carbons (Fsp3) is 0.263. The van der Waals surface area contributed by atoms with E-state index in [4.69, 9.17) is 14.2 Å². The summed E-state index contributed by atoms with van der Waals surface area (Å²) in [6.45, 7) is 0. The molecule has 1 N–H and O–H groups in total. The summed E-state index contributed by atoms with van der Waals surface area (Å²) in [5.74, 6) is 0.706. The van der Waals surface area contributed by atoms with Crippen molar-refractivity contribution in [2.75, 3.05) is 26.6 Å². The molecular weight excluding hydrogens is 320 g/mol. The van der Waals surface area contributed by atoms with Crippen molar-refractivity contribution < 1.29 is 19.0 Å². The van der Waals surface area contributed by atoms with E-state index >= 15 is 0 Å². The molecule has 1 unspecified atom stereocenters. The number of hydrogen-bond acceptors (Lipinski definition) is 5. The molecule has 0 aromatic heterocycles. The quantitative estimate of drug-likeness (QED) is 0.838. The van der Waals surface area contributed by atoms with Crippen LogP contribution in [0.2, 0.25) is 0 Å². The number of amides is 1. The van der Waals surface area contributed by atoms with Gasteiger partial charge in [-0.05, 0) is 48.0 Å². The first-order valence-electron chi connectivity index (χ1n) is 7.66. The van der Waals surface area contributed by atoms with E-state index in [1.54, 1.807) is 63.8 Å². The van der Waals surface area contributed by atoms with Crippen molar-refractivity contribution in [1.29, 1.82) is 5.26 Å². The number of benzene rings is 2. The van der Waals surface area contributed by atoms with E-state index in [1.165, 1.54) is 0 Å². The van der Waals surface area contributed by atoms with Crippen LogP contribution in [0.4, 0.5) is 5.69 Å². The van der Waals surface area contributed by atoms with Crippen molar-refractivity contribution in [2.24, 2.45) is 5.92 Å². The first-order valence-corrected chi connectivity index (χ1v) is 7.66. The Morgan fingerprint density at radius 3 is 2.24 bits per heavy atom. The van der Waals surface area contributed by atoms with Gasteiger partial charge in [-0.3, -0.25) is 4.79 Å². The van der Waals surface area contributed by atoms with Crippen molar-refractivity contribution in [3.8, 4) is 23.3 Å². The number of nitrogens with zero attached hydrogens (tertiary/aromatic N) is 1. The summed E-state index contributed by atoms with van der Waals surface area (Å²) in [5.41, 5.74) is 1.34. The average Bonchev–Trinajstić information content (AvgIpc) is 2.66. The molecule has 6 nitrogen and oxygen atoms in total. The number of ether oxygens (including phenoxy) is 3. The van der Waals surface area contributed by atoms with Gasteiger partial charge in [-0.15, -0.1) is 0 Å². The molecule has 25 heavy (non-hydrogen) atoms. The number of rotatable bonds is 7. The van der Waals surface area contributed by atoms with E-state index in [1.807, 2.05) is 6.07 Å². The number of anilines is 1. The van der Waals surface area contributed by atoms with Crippen LogP contribution >= 0.6 is 0 Å². The Labute approximate surface area is 146 Å². The lowest BCUT2D eigenvalue weighted by molar-refractivity contribution is -0.118. The molecular formula is C19H20N2O4. The third kappa shape index (κ3) is 4.64. The van der Waals surface area contributed by atoms with Crippen molar-refractivity contribution in [3.63, 3.8) is 0 Å². The lowest BCUT2D eigenvalue weighted by atomic mass is 9.98. The second-order valence-corrected chi connectivity index (χ2v) is 5.28. The van der Waals surface area contributed by atoms with E-state index in [9.17, 15) is 10.1 Å². The van der Waals surface area contributed by atoms with Crippen LogP contribution in [-0.2, 0) is 11.2 Å². The number of carbonyl (C=O) groups excluding carboxylic acids is 1. The second kappa shape index (κ2) is 8.60. The molecule has 0 aliphatic carbocycles. The Morgan fingerprint density at radius 1 is 1.04 bits per heavy atom. The van der Waals surface area contributed by atoms with Crippen LogP contribution in [0.25, 0.3) is 0 Å². The third-order valence-electron chi connectivity index (χ3n) is 3.74. The topological polar surface area (TPSA) is 80.6 Å². The minimum Gasteiger partial charge on any atom is -0.497 e. The van der Waals surface area contributed by atoms with E-state index in [2.05, 4.69) is 5.32 Å². The summed E-state index contributed by atoms with van der Waals surface area (Å²) < 4.78 is 15.6. The van der Waals surface area contributed by atoms with Crippen LogP contribution < -0.4 is 19.5 Å². The fourth-order valence-electron chi connectivity index (χ4n) is 2.36. The molecule has 0 aliphatic heterocycles. The maximum absolute atomic E-state index is 12.4. The van der Waals surface area contributed by atoms with E-state index in [0.29, 0.717) is 22.9 Å². The van der Waals surface area contributed by atoms with Gasteiger partial charge in [0.15, 0.2) is 0 Å². The number of hydrogen-bond donors (Lipinski definition) is 1. The predicted octanol–water partition coefficient (Wildman–Crippen LogP) is 3.03. The monoisotopic (exact) mass is 340 g/mol. The van der Waals surface area contributed by atoms with Gasteiger partial charge in [0.2, 0.25) is 5.91 Å². The second-order valence-electron chi connectivity index (χ2n) is 5.28. The summed E-state index contributed by atoms with van der Waals surface area (Å²) >= 11 is 0. The molecule has 0 aliphatic rings. The zero-order chi connectivity index (χ0) is 18.2. The maximum Gasteiger partial charge on any atom is 0.242 e. The van der Waals surface area contributed by atoms with Gasteiger partial charge in [-0.25, -0.2) is 0 Å². The van der Waals surface area contributed by atoms with Crippen molar-refractivity contribution >= 4 is 11.6 Å². The van der Waals surface area contributed by atoms with Gasteiger partial charge >= 0.3 is 0 Å². The molecule has 0 saturated heterocycles. The smallest absolute Gasteiger partial charge is 0.242 e. The SMILES string of the molecule is COc1ccc(NC(=O)C(C#N)Cc2cc(OC)ccc2OC)cc1. The highest BCUT2D eigenvalue weighted by atomic mass is 16.5. The zero-order valence-corrected chi connectivity index (χ0v) is 14.4. The normalized spacial score (nSPS) is 11.1. The van der Waals surface area contributed by atoms with Crippen LogP contribution in [-0.4, -0.2) is 27.2 Å². The standard InChI is InChI=1S/C19H20N2O4/c1-23-16-6-4-15(5-7-16)21-19(22)14(12-20)10-13-11-17(24-2)8-9-18(13)25-3/h4-9,11,14H,10H2,1-3H3,(H,21,22). The first-order chi connectivity index (χ1) is 12.1. The number of nitriles is 1. The highest BCUT2D eigenvalue weighted by Crippen LogP contribution is 2.27. The van der Waals surface area contributed by atoms with Gasteiger partial charge < -0.3 is 19.5 Å². The first kappa shape index (κ1) is 18.1. The number of nitrogens with one attached hydrogen (secondary N) is 1. The molecule has 1 atom stereocenters. The Balaban J connectivity index is 2.13. The van der Waals surface area contributed by atoms with E-state index in [0.717, 1.165) is 5.56 Å². The van der Waals surface area contributed by atoms with Crippen LogP contribution in [0, 0.1) is 17.2 Å². The summed E-state index contributed by atoms with van der Waals surface area (Å²) in [6, 6.07) is 14.3. The molecule has 0 fully saturated rings. The third-order valence-corrected chi connectivity index (χ3v) is 3.74. The summed E-state index contributed by atoms with van der Waals surface area (Å²) in [5, 5.41) is 12.1. The fourth-order valence-corrected chi connectivity index (χ4v) is 2.36. The van der Waals surface area contributed by atoms with Crippen LogP contribution in [0.1, 0.15) is 5.56 Å². The molecule has 130 valence electrons. The Bertz CT molecular complexity index is 766. The van der Waals surface area contributed by atoms with Gasteiger partial charge in [0.1, 0.15) is 23.2 Å². The van der Waals surface area contributed by atoms with Gasteiger partial charge in [0.25, 0.3) is 0 Å². The molecule has 0 bridgehead atoms. The van der Waals surface area contributed by atoms with Crippen molar-refractivity contribution in [1.82, 2.24) is 0 Å². The lowest BCUT2D eigenvalue weighted by Crippen LogP contribution is -2.23. The molecule has 2 aromatic rings. The molecule has 0 heterocycles. The summed E-state index contributed by atoms with van der Waals surface area (Å²) in [7, 11) is 4.68. The molecule has 2 rings (SSSR count). The molecule has 0 spiro atoms. The maximum atomic E-state index is 12.4. The van der Waals surface area contributed by atoms with Crippen LogP contribution in [0.5, 0.6) is 17.2 Å². The highest BCUT2D eigenvalue weighted by Gasteiger charge is 2.21. The van der Waals surface area contributed by atoms with E-state index < -0.39 is 5.92 Å². The largest absolute Gasteiger partial charge is 0.497 e. The molecule has 6 heteroatoms. The van der Waals surface area contributed by atoms with Crippen LogP contribution in [0.3, 0.4) is 0 Å². The number of methoxy groups -OCH3 is 3. The Hall–Kier alpha value is -3.20. The molecule has 2 aromatic carbocycles. The highest BCUT2D eigenvalue weighted by molar-refractivity contribution is 5.94. The van der Waals surface area contributed by atoms with Gasteiger partial charge in [0, 0.05) is 12.1 Å². The minimum atomic E-state index is -0.858. The lowest BCUT2D eigenvalue weighted by Gasteiger charge is -2.14. The Morgan fingerprint density at radius 2 is 1.68 bits per heavy atom. The minimum absolute atomic E-state index is 0.221. The summed E-state index contributed by atoms with van der Waals surface area (Å²) in [6.07, 6.45) is 0.221. The number of carbonyl (C=O) groups is 1. The molecule has 0 radical (unpaired) electrons. The van der Waals surface area contributed by atoms with Gasteiger partial charge in [-0.2, -0.15) is 5.26 Å². The summed E-state index contributed by atoms with van der Waals surface area (Å²) in [4.78, 5) is 12.4. The Kier molecular flexibility index (Phi) is 6.24. The average molecular weight is 340 g/mol. The van der Waals surface area contributed by atoms with E-state index in [-0.39, 0.29) is 12.3 Å².